The fourth-order valence-electron chi connectivity index (χ4n) is 1.73. The molecule has 0 aliphatic carbocycles. The minimum atomic E-state index is -0.927. The molecule has 4 N–H and O–H groups in total. The Labute approximate surface area is 122 Å². The van der Waals surface area contributed by atoms with E-state index in [9.17, 15) is 14.4 Å². The van der Waals surface area contributed by atoms with Crippen LogP contribution in [0.25, 0.3) is 0 Å². The maximum absolute atomic E-state index is 11.7. The summed E-state index contributed by atoms with van der Waals surface area (Å²) in [6.45, 7) is -0.136. The molecule has 0 radical (unpaired) electrons. The first-order chi connectivity index (χ1) is 10.0. The maximum atomic E-state index is 11.7. The number of likely N-dealkylation sites (N-methyl/N-ethyl adjacent to an activating group) is 1. The van der Waals surface area contributed by atoms with E-state index in [1.54, 1.807) is 0 Å². The van der Waals surface area contributed by atoms with Crippen molar-refractivity contribution in [1.29, 1.82) is 0 Å². The summed E-state index contributed by atoms with van der Waals surface area (Å²) < 4.78 is 0. The van der Waals surface area contributed by atoms with Gasteiger partial charge in [0.2, 0.25) is 5.91 Å². The molecule has 0 saturated heterocycles. The van der Waals surface area contributed by atoms with Crippen LogP contribution in [-0.2, 0) is 9.59 Å². The van der Waals surface area contributed by atoms with Crippen molar-refractivity contribution in [2.24, 2.45) is 0 Å². The Balaban J connectivity index is 2.62. The number of rotatable bonds is 7. The summed E-state index contributed by atoms with van der Waals surface area (Å²) in [5.41, 5.74) is 0.814. The summed E-state index contributed by atoms with van der Waals surface area (Å²) in [4.78, 5) is 33.5. The van der Waals surface area contributed by atoms with Crippen molar-refractivity contribution in [2.45, 2.75) is 18.9 Å². The van der Waals surface area contributed by atoms with Crippen LogP contribution >= 0.6 is 0 Å². The van der Waals surface area contributed by atoms with Crippen LogP contribution in [0.15, 0.2) is 30.3 Å². The first-order valence-corrected chi connectivity index (χ1v) is 6.54. The van der Waals surface area contributed by atoms with Gasteiger partial charge < -0.3 is 21.1 Å². The van der Waals surface area contributed by atoms with Crippen molar-refractivity contribution in [1.82, 2.24) is 16.0 Å². The quantitative estimate of drug-likeness (QED) is 0.591. The molecule has 3 amide bonds. The largest absolute Gasteiger partial charge is 0.481 e. The van der Waals surface area contributed by atoms with Crippen molar-refractivity contribution in [3.8, 4) is 0 Å². The number of urea groups is 1. The third-order valence-electron chi connectivity index (χ3n) is 2.84. The number of hydrogen-bond acceptors (Lipinski definition) is 3. The Morgan fingerprint density at radius 3 is 2.43 bits per heavy atom. The van der Waals surface area contributed by atoms with Crippen LogP contribution in [0.2, 0.25) is 0 Å². The molecule has 0 bridgehead atoms. The first-order valence-electron chi connectivity index (χ1n) is 6.54. The molecule has 0 aromatic heterocycles. The molecule has 1 aromatic carbocycles. The van der Waals surface area contributed by atoms with E-state index >= 15 is 0 Å². The Hall–Kier alpha value is -2.57. The van der Waals surface area contributed by atoms with Crippen molar-refractivity contribution in [2.75, 3.05) is 13.6 Å². The van der Waals surface area contributed by atoms with E-state index in [0.717, 1.165) is 5.56 Å². The molecule has 0 aliphatic rings. The van der Waals surface area contributed by atoms with Crippen LogP contribution in [0.4, 0.5) is 4.79 Å². The van der Waals surface area contributed by atoms with Gasteiger partial charge in [0.25, 0.3) is 0 Å². The molecule has 7 nitrogen and oxygen atoms in total. The van der Waals surface area contributed by atoms with Gasteiger partial charge in [-0.25, -0.2) is 4.79 Å². The highest BCUT2D eigenvalue weighted by Gasteiger charge is 2.16. The van der Waals surface area contributed by atoms with E-state index < -0.39 is 18.0 Å². The Bertz CT molecular complexity index is 490. The summed E-state index contributed by atoms with van der Waals surface area (Å²) >= 11 is 0. The highest BCUT2D eigenvalue weighted by molar-refractivity contribution is 5.83. The van der Waals surface area contributed by atoms with E-state index in [2.05, 4.69) is 16.0 Å². The van der Waals surface area contributed by atoms with Gasteiger partial charge in [0, 0.05) is 13.5 Å². The molecular weight excluding hydrogens is 274 g/mol. The average molecular weight is 293 g/mol. The monoisotopic (exact) mass is 293 g/mol. The minimum Gasteiger partial charge on any atom is -0.481 e. The van der Waals surface area contributed by atoms with Crippen LogP contribution < -0.4 is 16.0 Å². The highest BCUT2D eigenvalue weighted by Crippen LogP contribution is 2.18. The number of carbonyl (C=O) groups excluding carboxylic acids is 2. The molecule has 0 saturated carbocycles. The van der Waals surface area contributed by atoms with Crippen molar-refractivity contribution in [3.63, 3.8) is 0 Å². The van der Waals surface area contributed by atoms with Gasteiger partial charge in [-0.1, -0.05) is 30.3 Å². The third kappa shape index (κ3) is 6.42. The van der Waals surface area contributed by atoms with Crippen LogP contribution in [0, 0.1) is 0 Å². The Kier molecular flexibility index (Phi) is 6.73. The lowest BCUT2D eigenvalue weighted by atomic mass is 10.0. The summed E-state index contributed by atoms with van der Waals surface area (Å²) in [5.74, 6) is -1.24. The molecule has 1 atom stereocenters. The fourth-order valence-corrected chi connectivity index (χ4v) is 1.73. The number of amides is 3. The maximum Gasteiger partial charge on any atom is 0.315 e. The van der Waals surface area contributed by atoms with Crippen LogP contribution in [-0.4, -0.2) is 36.6 Å². The van der Waals surface area contributed by atoms with Gasteiger partial charge in [-0.05, 0) is 12.0 Å². The second kappa shape index (κ2) is 8.57. The molecule has 21 heavy (non-hydrogen) atoms. The molecule has 7 heteroatoms. The lowest BCUT2D eigenvalue weighted by Crippen LogP contribution is -2.42. The second-order valence-electron chi connectivity index (χ2n) is 4.40. The molecule has 1 aromatic rings. The van der Waals surface area contributed by atoms with E-state index in [4.69, 9.17) is 5.11 Å². The summed E-state index contributed by atoms with van der Waals surface area (Å²) in [5, 5.41) is 16.2. The number of carboxylic acids is 1. The van der Waals surface area contributed by atoms with Gasteiger partial charge in [-0.3, -0.25) is 9.59 Å². The van der Waals surface area contributed by atoms with Gasteiger partial charge in [-0.2, -0.15) is 0 Å². The van der Waals surface area contributed by atoms with Gasteiger partial charge in [0.1, 0.15) is 0 Å². The number of carbonyl (C=O) groups is 3. The van der Waals surface area contributed by atoms with E-state index in [1.165, 1.54) is 7.05 Å². The van der Waals surface area contributed by atoms with Gasteiger partial charge in [-0.15, -0.1) is 0 Å². The molecule has 1 unspecified atom stereocenters. The van der Waals surface area contributed by atoms with Crippen LogP contribution in [0.1, 0.15) is 24.4 Å². The SMILES string of the molecule is CNC(=O)CNC(=O)NC(CCC(=O)O)c1ccccc1. The average Bonchev–Trinajstić information content (AvgIpc) is 2.49. The lowest BCUT2D eigenvalue weighted by Gasteiger charge is -2.18. The molecular formula is C14H19N3O4. The van der Waals surface area contributed by atoms with Gasteiger partial charge in [0.05, 0.1) is 12.6 Å². The minimum absolute atomic E-state index is 0.0602. The number of benzene rings is 1. The van der Waals surface area contributed by atoms with E-state index in [0.29, 0.717) is 0 Å². The molecule has 0 heterocycles. The summed E-state index contributed by atoms with van der Waals surface area (Å²) in [7, 11) is 1.47. The third-order valence-corrected chi connectivity index (χ3v) is 2.84. The van der Waals surface area contributed by atoms with E-state index in [1.807, 2.05) is 30.3 Å². The zero-order valence-electron chi connectivity index (χ0n) is 11.8. The number of nitrogens with one attached hydrogen (secondary N) is 3. The first kappa shape index (κ1) is 16.5. The zero-order chi connectivity index (χ0) is 15.7. The molecule has 0 fully saturated rings. The molecule has 1 rings (SSSR count). The number of hydrogen-bond donors (Lipinski definition) is 4. The fraction of sp³-hybridized carbons (Fsp3) is 0.357. The normalized spacial score (nSPS) is 11.3. The van der Waals surface area contributed by atoms with Crippen molar-refractivity contribution < 1.29 is 19.5 Å². The number of carboxylic acid groups (broad SMARTS) is 1. The zero-order valence-corrected chi connectivity index (χ0v) is 11.8. The van der Waals surface area contributed by atoms with E-state index in [-0.39, 0.29) is 25.3 Å². The predicted molar refractivity (Wildman–Crippen MR) is 76.7 cm³/mol. The Morgan fingerprint density at radius 1 is 1.19 bits per heavy atom. The molecule has 0 spiro atoms. The standard InChI is InChI=1S/C14H19N3O4/c1-15-12(18)9-16-14(21)17-11(7-8-13(19)20)10-5-3-2-4-6-10/h2-6,11H,7-9H2,1H3,(H,15,18)(H,19,20)(H2,16,17,21). The Morgan fingerprint density at radius 2 is 1.86 bits per heavy atom. The van der Waals surface area contributed by atoms with Crippen LogP contribution in [0.5, 0.6) is 0 Å². The summed E-state index contributed by atoms with van der Waals surface area (Å²) in [6, 6.07) is 8.14. The van der Waals surface area contributed by atoms with Gasteiger partial charge >= 0.3 is 12.0 Å². The smallest absolute Gasteiger partial charge is 0.315 e. The second-order valence-corrected chi connectivity index (χ2v) is 4.40. The van der Waals surface area contributed by atoms with Crippen LogP contribution in [0.3, 0.4) is 0 Å². The van der Waals surface area contributed by atoms with Crippen molar-refractivity contribution >= 4 is 17.9 Å². The van der Waals surface area contributed by atoms with Crippen molar-refractivity contribution in [3.05, 3.63) is 35.9 Å². The summed E-state index contributed by atoms with van der Waals surface area (Å²) in [6.07, 6.45) is 0.210. The molecule has 0 aliphatic heterocycles. The van der Waals surface area contributed by atoms with Gasteiger partial charge in [0.15, 0.2) is 0 Å². The topological polar surface area (TPSA) is 108 Å². The lowest BCUT2D eigenvalue weighted by molar-refractivity contribution is -0.137. The number of aliphatic carboxylic acids is 1. The molecule has 114 valence electrons. The highest BCUT2D eigenvalue weighted by atomic mass is 16.4. The predicted octanol–water partition coefficient (Wildman–Crippen LogP) is 0.638.